The molecular weight excluding hydrogens is 330 g/mol. The summed E-state index contributed by atoms with van der Waals surface area (Å²) in [5.74, 6) is 1.57. The normalized spacial score (nSPS) is 10.4. The summed E-state index contributed by atoms with van der Waals surface area (Å²) in [5.41, 5.74) is 2.79. The number of hydrogen-bond acceptors (Lipinski definition) is 4. The summed E-state index contributed by atoms with van der Waals surface area (Å²) < 4.78 is 12.5. The van der Waals surface area contributed by atoms with E-state index in [1.807, 2.05) is 43.5 Å². The van der Waals surface area contributed by atoms with Crippen LogP contribution in [0.2, 0.25) is 0 Å². The third kappa shape index (κ3) is 4.42. The fourth-order valence-corrected chi connectivity index (χ4v) is 2.58. The maximum atomic E-state index is 11.3. The standard InChI is InChI=1S/C20H21N3O3/c1-15-12-17(8-9-18(15)22-20(24)25-2)26-14-19-21-10-11-23(19)13-16-6-4-3-5-7-16/h3-12H,13-14H2,1-2H3,(H,22,24). The van der Waals surface area contributed by atoms with Crippen molar-refractivity contribution < 1.29 is 14.3 Å². The van der Waals surface area contributed by atoms with Crippen LogP contribution in [-0.2, 0) is 17.9 Å². The van der Waals surface area contributed by atoms with Crippen molar-refractivity contribution in [2.75, 3.05) is 12.4 Å². The second kappa shape index (κ2) is 8.20. The zero-order valence-corrected chi connectivity index (χ0v) is 14.8. The number of nitrogens with zero attached hydrogens (tertiary/aromatic N) is 2. The highest BCUT2D eigenvalue weighted by Gasteiger charge is 2.08. The number of methoxy groups -OCH3 is 1. The summed E-state index contributed by atoms with van der Waals surface area (Å²) in [4.78, 5) is 15.7. The van der Waals surface area contributed by atoms with Crippen LogP contribution in [0.4, 0.5) is 10.5 Å². The lowest BCUT2D eigenvalue weighted by atomic mass is 10.2. The number of rotatable bonds is 6. The molecule has 3 rings (SSSR count). The van der Waals surface area contributed by atoms with Gasteiger partial charge in [-0.15, -0.1) is 0 Å². The Kier molecular flexibility index (Phi) is 5.53. The van der Waals surface area contributed by atoms with Gasteiger partial charge >= 0.3 is 6.09 Å². The lowest BCUT2D eigenvalue weighted by molar-refractivity contribution is 0.187. The first-order chi connectivity index (χ1) is 12.7. The molecule has 3 aromatic rings. The third-order valence-corrected chi connectivity index (χ3v) is 3.99. The van der Waals surface area contributed by atoms with Crippen LogP contribution in [0.25, 0.3) is 0 Å². The first-order valence-electron chi connectivity index (χ1n) is 8.28. The molecule has 1 N–H and O–H groups in total. The Balaban J connectivity index is 1.64. The molecule has 1 amide bonds. The summed E-state index contributed by atoms with van der Waals surface area (Å²) in [7, 11) is 1.33. The topological polar surface area (TPSA) is 65.4 Å². The van der Waals surface area contributed by atoms with Crippen LogP contribution in [0.3, 0.4) is 0 Å². The van der Waals surface area contributed by atoms with Crippen LogP contribution in [0.1, 0.15) is 17.0 Å². The Morgan fingerprint density at radius 2 is 2.00 bits per heavy atom. The van der Waals surface area contributed by atoms with Gasteiger partial charge in [-0.25, -0.2) is 9.78 Å². The van der Waals surface area contributed by atoms with Gasteiger partial charge in [0.1, 0.15) is 18.2 Å². The number of carbonyl (C=O) groups excluding carboxylic acids is 1. The molecule has 26 heavy (non-hydrogen) atoms. The van der Waals surface area contributed by atoms with Crippen molar-refractivity contribution in [1.29, 1.82) is 0 Å². The van der Waals surface area contributed by atoms with Crippen molar-refractivity contribution in [3.63, 3.8) is 0 Å². The van der Waals surface area contributed by atoms with Crippen LogP contribution in [-0.4, -0.2) is 22.8 Å². The van der Waals surface area contributed by atoms with E-state index in [1.54, 1.807) is 12.3 Å². The summed E-state index contributed by atoms with van der Waals surface area (Å²) in [6, 6.07) is 15.7. The number of anilines is 1. The molecule has 0 aliphatic heterocycles. The average molecular weight is 351 g/mol. The number of nitrogens with one attached hydrogen (secondary N) is 1. The van der Waals surface area contributed by atoms with Crippen LogP contribution in [0.15, 0.2) is 60.9 Å². The van der Waals surface area contributed by atoms with Crippen LogP contribution in [0, 0.1) is 6.92 Å². The SMILES string of the molecule is COC(=O)Nc1ccc(OCc2nccn2Cc2ccccc2)cc1C. The predicted molar refractivity (Wildman–Crippen MR) is 99.3 cm³/mol. The number of ether oxygens (including phenoxy) is 2. The van der Waals surface area contributed by atoms with E-state index in [9.17, 15) is 4.79 Å². The number of hydrogen-bond donors (Lipinski definition) is 1. The molecule has 0 spiro atoms. The number of amides is 1. The van der Waals surface area contributed by atoms with E-state index in [4.69, 9.17) is 4.74 Å². The van der Waals surface area contributed by atoms with Crippen molar-refractivity contribution in [2.24, 2.45) is 0 Å². The number of aryl methyl sites for hydroxylation is 1. The maximum Gasteiger partial charge on any atom is 0.411 e. The van der Waals surface area contributed by atoms with E-state index < -0.39 is 6.09 Å². The van der Waals surface area contributed by atoms with Crippen LogP contribution >= 0.6 is 0 Å². The van der Waals surface area contributed by atoms with Gasteiger partial charge < -0.3 is 14.0 Å². The molecular formula is C20H21N3O3. The molecule has 0 atom stereocenters. The minimum atomic E-state index is -0.496. The second-order valence-electron chi connectivity index (χ2n) is 5.84. The Hall–Kier alpha value is -3.28. The van der Waals surface area contributed by atoms with Crippen LogP contribution < -0.4 is 10.1 Å². The monoisotopic (exact) mass is 351 g/mol. The van der Waals surface area contributed by atoms with Gasteiger partial charge in [-0.05, 0) is 36.2 Å². The lowest BCUT2D eigenvalue weighted by Crippen LogP contribution is -2.12. The Morgan fingerprint density at radius 3 is 2.73 bits per heavy atom. The van der Waals surface area contributed by atoms with Gasteiger partial charge in [0, 0.05) is 24.6 Å². The maximum absolute atomic E-state index is 11.3. The summed E-state index contributed by atoms with van der Waals surface area (Å²) >= 11 is 0. The van der Waals surface area contributed by atoms with Crippen molar-refractivity contribution in [3.05, 3.63) is 77.9 Å². The molecule has 0 aliphatic rings. The van der Waals surface area contributed by atoms with Gasteiger partial charge in [-0.2, -0.15) is 0 Å². The molecule has 0 radical (unpaired) electrons. The van der Waals surface area contributed by atoms with E-state index in [-0.39, 0.29) is 0 Å². The fourth-order valence-electron chi connectivity index (χ4n) is 2.58. The summed E-state index contributed by atoms with van der Waals surface area (Å²) in [5, 5.41) is 2.66. The number of aromatic nitrogens is 2. The molecule has 134 valence electrons. The molecule has 1 heterocycles. The molecule has 2 aromatic carbocycles. The van der Waals surface area contributed by atoms with E-state index in [0.717, 1.165) is 17.9 Å². The highest BCUT2D eigenvalue weighted by Crippen LogP contribution is 2.22. The van der Waals surface area contributed by atoms with Gasteiger partial charge in [0.25, 0.3) is 0 Å². The van der Waals surface area contributed by atoms with Gasteiger partial charge in [0.2, 0.25) is 0 Å². The smallest absolute Gasteiger partial charge is 0.411 e. The zero-order valence-electron chi connectivity index (χ0n) is 14.8. The van der Waals surface area contributed by atoms with E-state index >= 15 is 0 Å². The highest BCUT2D eigenvalue weighted by molar-refractivity contribution is 5.85. The van der Waals surface area contributed by atoms with Crippen molar-refractivity contribution in [3.8, 4) is 5.75 Å². The first-order valence-corrected chi connectivity index (χ1v) is 8.28. The Morgan fingerprint density at radius 1 is 1.19 bits per heavy atom. The predicted octanol–water partition coefficient (Wildman–Crippen LogP) is 4.00. The molecule has 0 aliphatic carbocycles. The molecule has 0 saturated carbocycles. The van der Waals surface area contributed by atoms with Gasteiger partial charge in [-0.3, -0.25) is 5.32 Å². The largest absolute Gasteiger partial charge is 0.486 e. The molecule has 1 aromatic heterocycles. The fraction of sp³-hybridized carbons (Fsp3) is 0.200. The third-order valence-electron chi connectivity index (χ3n) is 3.99. The van der Waals surface area contributed by atoms with E-state index in [1.165, 1.54) is 12.7 Å². The first kappa shape index (κ1) is 17.5. The van der Waals surface area contributed by atoms with Gasteiger partial charge in [-0.1, -0.05) is 30.3 Å². The van der Waals surface area contributed by atoms with Crippen molar-refractivity contribution >= 4 is 11.8 Å². The molecule has 0 saturated heterocycles. The molecule has 6 nitrogen and oxygen atoms in total. The van der Waals surface area contributed by atoms with E-state index in [0.29, 0.717) is 18.0 Å². The lowest BCUT2D eigenvalue weighted by Gasteiger charge is -2.12. The summed E-state index contributed by atoms with van der Waals surface area (Å²) in [6.45, 7) is 3.01. The quantitative estimate of drug-likeness (QED) is 0.729. The van der Waals surface area contributed by atoms with Gasteiger partial charge in [0.05, 0.1) is 7.11 Å². The van der Waals surface area contributed by atoms with Crippen molar-refractivity contribution in [1.82, 2.24) is 9.55 Å². The zero-order chi connectivity index (χ0) is 18.4. The molecule has 0 bridgehead atoms. The minimum Gasteiger partial charge on any atom is -0.486 e. The van der Waals surface area contributed by atoms with Crippen molar-refractivity contribution in [2.45, 2.75) is 20.1 Å². The number of carbonyl (C=O) groups is 1. The Labute approximate surface area is 152 Å². The summed E-state index contributed by atoms with van der Waals surface area (Å²) in [6.07, 6.45) is 3.22. The number of imidazole rings is 1. The van der Waals surface area contributed by atoms with Gasteiger partial charge in [0.15, 0.2) is 0 Å². The number of benzene rings is 2. The second-order valence-corrected chi connectivity index (χ2v) is 5.84. The van der Waals surface area contributed by atoms with E-state index in [2.05, 4.69) is 31.7 Å². The molecule has 0 unspecified atom stereocenters. The Bertz CT molecular complexity index is 875. The minimum absolute atomic E-state index is 0.364. The molecule has 0 fully saturated rings. The highest BCUT2D eigenvalue weighted by atomic mass is 16.5. The van der Waals surface area contributed by atoms with Crippen LogP contribution in [0.5, 0.6) is 5.75 Å². The average Bonchev–Trinajstić information content (AvgIpc) is 3.09. The molecule has 6 heteroatoms.